The number of hydrogen-bond acceptors (Lipinski definition) is 10. The van der Waals surface area contributed by atoms with Crippen molar-refractivity contribution in [2.24, 2.45) is 11.8 Å². The van der Waals surface area contributed by atoms with E-state index in [0.717, 1.165) is 11.8 Å². The van der Waals surface area contributed by atoms with Crippen molar-refractivity contribution in [3.05, 3.63) is 47.0 Å². The molecular formula is C23H26N6O5S2. The Bertz CT molecular complexity index is 1310. The molecule has 2 amide bonds. The lowest BCUT2D eigenvalue weighted by molar-refractivity contribution is -0.115. The number of nitrogens with one attached hydrogen (secondary N) is 1. The molecule has 2 N–H and O–H groups in total. The Morgan fingerprint density at radius 3 is 2.44 bits per heavy atom. The van der Waals surface area contributed by atoms with Crippen LogP contribution in [-0.4, -0.2) is 85.3 Å². The summed E-state index contributed by atoms with van der Waals surface area (Å²) >= 11 is 0.817. The maximum absolute atomic E-state index is 13.1. The van der Waals surface area contributed by atoms with Crippen molar-refractivity contribution in [1.29, 1.82) is 0 Å². The van der Waals surface area contributed by atoms with Gasteiger partial charge in [-0.25, -0.2) is 13.4 Å². The Morgan fingerprint density at radius 2 is 1.83 bits per heavy atom. The molecule has 11 nitrogen and oxygen atoms in total. The molecule has 13 heteroatoms. The molecule has 3 fully saturated rings. The molecular weight excluding hydrogens is 504 g/mol. The molecule has 36 heavy (non-hydrogen) atoms. The van der Waals surface area contributed by atoms with Crippen LogP contribution in [0.5, 0.6) is 0 Å². The van der Waals surface area contributed by atoms with Crippen LogP contribution in [0.3, 0.4) is 0 Å². The van der Waals surface area contributed by atoms with E-state index >= 15 is 0 Å². The zero-order valence-corrected chi connectivity index (χ0v) is 21.2. The topological polar surface area (TPSA) is 136 Å². The van der Waals surface area contributed by atoms with E-state index < -0.39 is 21.2 Å². The highest BCUT2D eigenvalue weighted by Crippen LogP contribution is 2.36. The number of anilines is 2. The summed E-state index contributed by atoms with van der Waals surface area (Å²) in [7, 11) is -1.74. The summed E-state index contributed by atoms with van der Waals surface area (Å²) in [5, 5.41) is 11.2. The molecule has 0 radical (unpaired) electrons. The molecule has 2 atom stereocenters. The zero-order valence-electron chi connectivity index (χ0n) is 19.6. The molecule has 190 valence electrons. The molecule has 0 bridgehead atoms. The molecule has 2 unspecified atom stereocenters. The van der Waals surface area contributed by atoms with Gasteiger partial charge in [0.05, 0.1) is 22.1 Å². The van der Waals surface area contributed by atoms with Crippen LogP contribution in [0.4, 0.5) is 16.6 Å². The lowest BCUT2D eigenvalue weighted by Crippen LogP contribution is -2.34. The van der Waals surface area contributed by atoms with Crippen LogP contribution in [0.15, 0.2) is 46.2 Å². The Kier molecular flexibility index (Phi) is 6.72. The van der Waals surface area contributed by atoms with Crippen molar-refractivity contribution in [2.75, 3.05) is 56.2 Å². The lowest BCUT2D eigenvalue weighted by atomic mass is 10.0. The van der Waals surface area contributed by atoms with Gasteiger partial charge in [-0.15, -0.1) is 0 Å². The van der Waals surface area contributed by atoms with E-state index in [0.29, 0.717) is 55.1 Å². The standard InChI is InChI=1S/C23H26N6O5S2/c1-27(7-8-30)20-10-17(9-19-21(31)26-23(32)35-19)24-22(25-20)28-11-15-13-29(14-16(15)12-28)36(33,34)18-5-3-2-4-6-18/h2-6,9-10,15-16,30H,7-8,11-14H2,1H3,(H,26,31,32). The molecule has 1 aromatic carbocycles. The summed E-state index contributed by atoms with van der Waals surface area (Å²) < 4.78 is 27.7. The number of hydrogen-bond donors (Lipinski definition) is 2. The molecule has 1 aromatic heterocycles. The minimum atomic E-state index is -3.54. The van der Waals surface area contributed by atoms with Crippen LogP contribution in [0.1, 0.15) is 5.69 Å². The number of thioether (sulfide) groups is 1. The third-order valence-corrected chi connectivity index (χ3v) is 9.24. The Labute approximate surface area is 213 Å². The first-order valence-electron chi connectivity index (χ1n) is 11.5. The molecule has 3 saturated heterocycles. The summed E-state index contributed by atoms with van der Waals surface area (Å²) in [6, 6.07) is 10.2. The van der Waals surface area contributed by atoms with Gasteiger partial charge in [-0.2, -0.15) is 9.29 Å². The van der Waals surface area contributed by atoms with E-state index in [4.69, 9.17) is 0 Å². The van der Waals surface area contributed by atoms with Gasteiger partial charge >= 0.3 is 0 Å². The van der Waals surface area contributed by atoms with E-state index in [1.54, 1.807) is 58.7 Å². The Morgan fingerprint density at radius 1 is 1.14 bits per heavy atom. The van der Waals surface area contributed by atoms with Gasteiger partial charge in [0, 0.05) is 45.8 Å². The average Bonchev–Trinajstić information content (AvgIpc) is 3.53. The number of fused-ring (bicyclic) bond motifs is 1. The Hall–Kier alpha value is -3.00. The number of rotatable bonds is 7. The highest BCUT2D eigenvalue weighted by molar-refractivity contribution is 8.18. The van der Waals surface area contributed by atoms with Gasteiger partial charge < -0.3 is 14.9 Å². The first-order chi connectivity index (χ1) is 17.2. The van der Waals surface area contributed by atoms with E-state index in [-0.39, 0.29) is 23.3 Å². The van der Waals surface area contributed by atoms with Crippen LogP contribution in [0.2, 0.25) is 0 Å². The van der Waals surface area contributed by atoms with Gasteiger partial charge in [-0.3, -0.25) is 14.9 Å². The number of amides is 2. The third-order valence-electron chi connectivity index (χ3n) is 6.58. The number of benzene rings is 1. The minimum absolute atomic E-state index is 0.0569. The predicted octanol–water partition coefficient (Wildman–Crippen LogP) is 0.986. The van der Waals surface area contributed by atoms with Crippen molar-refractivity contribution in [3.8, 4) is 0 Å². The maximum atomic E-state index is 13.1. The number of carbonyl (C=O) groups excluding carboxylic acids is 2. The quantitative estimate of drug-likeness (QED) is 0.499. The minimum Gasteiger partial charge on any atom is -0.395 e. The fraction of sp³-hybridized carbons (Fsp3) is 0.391. The molecule has 0 spiro atoms. The monoisotopic (exact) mass is 530 g/mol. The van der Waals surface area contributed by atoms with Crippen molar-refractivity contribution in [1.82, 2.24) is 19.6 Å². The largest absolute Gasteiger partial charge is 0.395 e. The number of aliphatic hydroxyl groups excluding tert-OH is 1. The third kappa shape index (κ3) is 4.83. The normalized spacial score (nSPS) is 23.4. The van der Waals surface area contributed by atoms with Crippen LogP contribution in [-0.2, 0) is 14.8 Å². The molecule has 4 heterocycles. The molecule has 3 aliphatic heterocycles. The number of carbonyl (C=O) groups is 2. The molecule has 5 rings (SSSR count). The summed E-state index contributed by atoms with van der Waals surface area (Å²) in [5.41, 5.74) is 0.470. The molecule has 0 saturated carbocycles. The fourth-order valence-electron chi connectivity index (χ4n) is 4.72. The summed E-state index contributed by atoms with van der Waals surface area (Å²) in [6.45, 7) is 2.36. The fourth-order valence-corrected chi connectivity index (χ4v) is 6.96. The number of aromatic nitrogens is 2. The summed E-state index contributed by atoms with van der Waals surface area (Å²) in [6.07, 6.45) is 1.55. The highest BCUT2D eigenvalue weighted by atomic mass is 32.2. The summed E-state index contributed by atoms with van der Waals surface area (Å²) in [4.78, 5) is 37.3. The predicted molar refractivity (Wildman–Crippen MR) is 136 cm³/mol. The van der Waals surface area contributed by atoms with Crippen molar-refractivity contribution < 1.29 is 23.1 Å². The van der Waals surface area contributed by atoms with Crippen molar-refractivity contribution in [3.63, 3.8) is 0 Å². The number of sulfonamides is 1. The summed E-state index contributed by atoms with van der Waals surface area (Å²) in [5.74, 6) is 0.848. The van der Waals surface area contributed by atoms with Gasteiger partial charge in [0.2, 0.25) is 16.0 Å². The van der Waals surface area contributed by atoms with E-state index in [1.807, 2.05) is 4.90 Å². The Balaban J connectivity index is 1.37. The average molecular weight is 531 g/mol. The van der Waals surface area contributed by atoms with Gasteiger partial charge in [-0.05, 0) is 41.8 Å². The molecule has 0 aliphatic carbocycles. The van der Waals surface area contributed by atoms with Gasteiger partial charge in [-0.1, -0.05) is 18.2 Å². The number of likely N-dealkylation sites (N-methyl/N-ethyl adjacent to an activating group) is 1. The van der Waals surface area contributed by atoms with Crippen LogP contribution < -0.4 is 15.1 Å². The molecule has 2 aromatic rings. The lowest BCUT2D eigenvalue weighted by Gasteiger charge is -2.24. The van der Waals surface area contributed by atoms with Crippen molar-refractivity contribution in [2.45, 2.75) is 4.90 Å². The van der Waals surface area contributed by atoms with Crippen LogP contribution in [0, 0.1) is 11.8 Å². The van der Waals surface area contributed by atoms with Crippen molar-refractivity contribution >= 4 is 50.8 Å². The zero-order chi connectivity index (χ0) is 25.4. The highest BCUT2D eigenvalue weighted by Gasteiger charge is 2.45. The van der Waals surface area contributed by atoms with Gasteiger partial charge in [0.15, 0.2) is 0 Å². The smallest absolute Gasteiger partial charge is 0.290 e. The van der Waals surface area contributed by atoms with Crippen LogP contribution in [0.25, 0.3) is 6.08 Å². The van der Waals surface area contributed by atoms with E-state index in [2.05, 4.69) is 15.3 Å². The maximum Gasteiger partial charge on any atom is 0.290 e. The molecule has 3 aliphatic rings. The second-order valence-corrected chi connectivity index (χ2v) is 12.0. The van der Waals surface area contributed by atoms with Gasteiger partial charge in [0.1, 0.15) is 5.82 Å². The van der Waals surface area contributed by atoms with Gasteiger partial charge in [0.25, 0.3) is 11.1 Å². The second-order valence-electron chi connectivity index (χ2n) is 9.01. The van der Waals surface area contributed by atoms with Crippen LogP contribution >= 0.6 is 11.8 Å². The number of imide groups is 1. The van der Waals surface area contributed by atoms with E-state index in [9.17, 15) is 23.1 Å². The SMILES string of the molecule is CN(CCO)c1cc(C=C2SC(=O)NC2=O)nc(N2CC3CN(S(=O)(=O)c4ccccc4)CC3C2)n1. The first kappa shape index (κ1) is 24.7. The number of nitrogens with zero attached hydrogens (tertiary/aromatic N) is 5. The number of aliphatic hydroxyl groups is 1. The van der Waals surface area contributed by atoms with E-state index in [1.165, 1.54) is 0 Å². The second kappa shape index (κ2) is 9.81. The first-order valence-corrected chi connectivity index (χ1v) is 13.8.